The minimum Gasteiger partial charge on any atom is -0.384 e. The van der Waals surface area contributed by atoms with E-state index in [1.54, 1.807) is 19.2 Å². The Labute approximate surface area is 87.7 Å². The first-order chi connectivity index (χ1) is 7.19. The number of para-hydroxylation sites is 1. The van der Waals surface area contributed by atoms with Crippen molar-refractivity contribution in [3.05, 3.63) is 24.0 Å². The van der Waals surface area contributed by atoms with Crippen molar-refractivity contribution in [2.24, 2.45) is 5.73 Å². The van der Waals surface area contributed by atoms with Gasteiger partial charge in [0.05, 0.1) is 17.4 Å². The van der Waals surface area contributed by atoms with Crippen molar-refractivity contribution < 1.29 is 9.18 Å². The van der Waals surface area contributed by atoms with Crippen LogP contribution in [-0.4, -0.2) is 25.9 Å². The highest BCUT2D eigenvalue weighted by Gasteiger charge is 2.07. The van der Waals surface area contributed by atoms with Gasteiger partial charge in [0, 0.05) is 13.6 Å². The van der Waals surface area contributed by atoms with Crippen LogP contribution in [0.4, 0.5) is 15.8 Å². The maximum absolute atomic E-state index is 13.3. The van der Waals surface area contributed by atoms with Gasteiger partial charge < -0.3 is 21.2 Å². The van der Waals surface area contributed by atoms with Crippen LogP contribution >= 0.6 is 0 Å². The second kappa shape index (κ2) is 5.31. The van der Waals surface area contributed by atoms with E-state index in [0.717, 1.165) is 0 Å². The van der Waals surface area contributed by atoms with Gasteiger partial charge >= 0.3 is 0 Å². The van der Waals surface area contributed by atoms with Crippen LogP contribution in [0.15, 0.2) is 18.2 Å². The Morgan fingerprint density at radius 1 is 1.60 bits per heavy atom. The molecule has 0 unspecified atom stereocenters. The number of hydrogen-bond acceptors (Lipinski definition) is 4. The Balaban J connectivity index is 2.76. The van der Waals surface area contributed by atoms with Gasteiger partial charge in [-0.15, -0.1) is 0 Å². The molecule has 4 N–H and O–H groups in total. The zero-order valence-electron chi connectivity index (χ0n) is 8.46. The lowest BCUT2D eigenvalue weighted by atomic mass is 10.2. The first kappa shape index (κ1) is 11.5. The molecule has 1 aromatic carbocycles. The van der Waals surface area contributed by atoms with Crippen LogP contribution in [0, 0.1) is 5.82 Å². The molecule has 1 aromatic rings. The first-order valence-electron chi connectivity index (χ1n) is 4.60. The van der Waals surface area contributed by atoms with Crippen molar-refractivity contribution in [1.29, 1.82) is 0 Å². The molecule has 0 saturated carbocycles. The monoisotopic (exact) mass is 211 g/mol. The van der Waals surface area contributed by atoms with Crippen molar-refractivity contribution in [3.63, 3.8) is 0 Å². The van der Waals surface area contributed by atoms with E-state index in [-0.39, 0.29) is 12.4 Å². The molecule has 0 bridgehead atoms. The molecule has 0 aliphatic rings. The molecule has 15 heavy (non-hydrogen) atoms. The summed E-state index contributed by atoms with van der Waals surface area (Å²) in [6.45, 7) is 0.279. The van der Waals surface area contributed by atoms with Gasteiger partial charge in [-0.25, -0.2) is 4.39 Å². The molecule has 1 atom stereocenters. The molecule has 0 fully saturated rings. The molecule has 0 amide bonds. The average molecular weight is 211 g/mol. The summed E-state index contributed by atoms with van der Waals surface area (Å²) in [4.78, 5) is 10.3. The molecule has 0 aromatic heterocycles. The normalized spacial score (nSPS) is 11.9. The zero-order chi connectivity index (χ0) is 11.3. The van der Waals surface area contributed by atoms with Crippen LogP contribution in [0.5, 0.6) is 0 Å². The number of rotatable bonds is 5. The predicted octanol–water partition coefficient (Wildman–Crippen LogP) is 0.806. The van der Waals surface area contributed by atoms with Crippen molar-refractivity contribution in [2.45, 2.75) is 6.04 Å². The van der Waals surface area contributed by atoms with Crippen molar-refractivity contribution in [2.75, 3.05) is 24.2 Å². The largest absolute Gasteiger partial charge is 0.384 e. The Bertz CT molecular complexity index is 343. The summed E-state index contributed by atoms with van der Waals surface area (Å²) in [6.07, 6.45) is 0.644. The molecule has 0 radical (unpaired) electrons. The van der Waals surface area contributed by atoms with Crippen molar-refractivity contribution in [3.8, 4) is 0 Å². The topological polar surface area (TPSA) is 67.2 Å². The zero-order valence-corrected chi connectivity index (χ0v) is 8.46. The SMILES string of the molecule is CNc1c(F)cccc1NC[C@H](N)C=O. The van der Waals surface area contributed by atoms with E-state index in [1.165, 1.54) is 6.07 Å². The van der Waals surface area contributed by atoms with Gasteiger partial charge in [-0.05, 0) is 12.1 Å². The Morgan fingerprint density at radius 3 is 2.93 bits per heavy atom. The summed E-state index contributed by atoms with van der Waals surface area (Å²) < 4.78 is 13.3. The van der Waals surface area contributed by atoms with Gasteiger partial charge in [0.1, 0.15) is 12.1 Å². The number of benzene rings is 1. The van der Waals surface area contributed by atoms with Crippen molar-refractivity contribution in [1.82, 2.24) is 0 Å². The smallest absolute Gasteiger partial charge is 0.148 e. The van der Waals surface area contributed by atoms with E-state index in [4.69, 9.17) is 5.73 Å². The number of carbonyl (C=O) groups excluding carboxylic acids is 1. The molecule has 4 nitrogen and oxygen atoms in total. The number of nitrogens with one attached hydrogen (secondary N) is 2. The van der Waals surface area contributed by atoms with Crippen molar-refractivity contribution >= 4 is 17.7 Å². The molecule has 0 aliphatic carbocycles. The van der Waals surface area contributed by atoms with Gasteiger partial charge in [0.2, 0.25) is 0 Å². The number of halogens is 1. The third-order valence-corrected chi connectivity index (χ3v) is 1.97. The van der Waals surface area contributed by atoms with Crippen LogP contribution in [0.3, 0.4) is 0 Å². The van der Waals surface area contributed by atoms with E-state index in [9.17, 15) is 9.18 Å². The highest BCUT2D eigenvalue weighted by atomic mass is 19.1. The molecular weight excluding hydrogens is 197 g/mol. The van der Waals surface area contributed by atoms with E-state index in [2.05, 4.69) is 10.6 Å². The number of hydrogen-bond donors (Lipinski definition) is 3. The minimum atomic E-state index is -0.585. The quantitative estimate of drug-likeness (QED) is 0.630. The van der Waals surface area contributed by atoms with Gasteiger partial charge in [-0.3, -0.25) is 0 Å². The van der Waals surface area contributed by atoms with Crippen LogP contribution < -0.4 is 16.4 Å². The maximum atomic E-state index is 13.3. The van der Waals surface area contributed by atoms with E-state index < -0.39 is 6.04 Å². The summed E-state index contributed by atoms with van der Waals surface area (Å²) in [5.74, 6) is -0.345. The van der Waals surface area contributed by atoms with Crippen LogP contribution in [-0.2, 0) is 4.79 Å². The molecule has 0 aliphatic heterocycles. The molecule has 5 heteroatoms. The van der Waals surface area contributed by atoms with Gasteiger partial charge in [-0.1, -0.05) is 6.07 Å². The maximum Gasteiger partial charge on any atom is 0.148 e. The summed E-state index contributed by atoms with van der Waals surface area (Å²) in [6, 6.07) is 4.08. The standard InChI is InChI=1S/C10H14FN3O/c1-13-10-8(11)3-2-4-9(10)14-5-7(12)6-15/h2-4,6-7,13-14H,5,12H2,1H3/t7-/m0/s1. The first-order valence-corrected chi connectivity index (χ1v) is 4.60. The molecule has 0 saturated heterocycles. The van der Waals surface area contributed by atoms with Gasteiger partial charge in [0.15, 0.2) is 0 Å². The fraction of sp³-hybridized carbons (Fsp3) is 0.300. The third kappa shape index (κ3) is 2.92. The van der Waals surface area contributed by atoms with Crippen LogP contribution in [0.2, 0.25) is 0 Å². The Kier molecular flexibility index (Phi) is 4.05. The summed E-state index contributed by atoms with van der Waals surface area (Å²) in [5.41, 5.74) is 6.37. The van der Waals surface area contributed by atoms with Crippen LogP contribution in [0.25, 0.3) is 0 Å². The lowest BCUT2D eigenvalue weighted by molar-refractivity contribution is -0.108. The molecule has 0 heterocycles. The number of nitrogens with two attached hydrogens (primary N) is 1. The summed E-state index contributed by atoms with van der Waals surface area (Å²) in [7, 11) is 1.63. The van der Waals surface area contributed by atoms with E-state index in [1.807, 2.05) is 0 Å². The number of anilines is 2. The summed E-state index contributed by atoms with van der Waals surface area (Å²) >= 11 is 0. The third-order valence-electron chi connectivity index (χ3n) is 1.97. The number of carbonyl (C=O) groups is 1. The fourth-order valence-electron chi connectivity index (χ4n) is 1.20. The van der Waals surface area contributed by atoms with Crippen LogP contribution in [0.1, 0.15) is 0 Å². The van der Waals surface area contributed by atoms with E-state index in [0.29, 0.717) is 17.7 Å². The molecular formula is C10H14FN3O. The highest BCUT2D eigenvalue weighted by Crippen LogP contribution is 2.23. The predicted molar refractivity (Wildman–Crippen MR) is 58.5 cm³/mol. The van der Waals surface area contributed by atoms with Gasteiger partial charge in [0.25, 0.3) is 0 Å². The lowest BCUT2D eigenvalue weighted by Crippen LogP contribution is -2.30. The average Bonchev–Trinajstić information content (AvgIpc) is 2.25. The molecule has 1 rings (SSSR count). The second-order valence-electron chi connectivity index (χ2n) is 3.09. The Hall–Kier alpha value is -1.62. The highest BCUT2D eigenvalue weighted by molar-refractivity contribution is 5.70. The number of aldehydes is 1. The van der Waals surface area contributed by atoms with E-state index >= 15 is 0 Å². The molecule has 0 spiro atoms. The minimum absolute atomic E-state index is 0.279. The van der Waals surface area contributed by atoms with Gasteiger partial charge in [-0.2, -0.15) is 0 Å². The molecule has 82 valence electrons. The Morgan fingerprint density at radius 2 is 2.33 bits per heavy atom. The second-order valence-corrected chi connectivity index (χ2v) is 3.09. The lowest BCUT2D eigenvalue weighted by Gasteiger charge is -2.13. The summed E-state index contributed by atoms with van der Waals surface area (Å²) in [5, 5.41) is 5.64. The fourth-order valence-corrected chi connectivity index (χ4v) is 1.20.